The normalized spacial score (nSPS) is 10.7. The minimum Gasteiger partial charge on any atom is -0.497 e. The molecule has 0 atom stereocenters. The second-order valence-electron chi connectivity index (χ2n) is 4.38. The van der Waals surface area contributed by atoms with Gasteiger partial charge in [0.1, 0.15) is 5.75 Å². The van der Waals surface area contributed by atoms with E-state index >= 15 is 0 Å². The summed E-state index contributed by atoms with van der Waals surface area (Å²) in [5.41, 5.74) is 2.08. The van der Waals surface area contributed by atoms with Gasteiger partial charge in [-0.05, 0) is 47.9 Å². The summed E-state index contributed by atoms with van der Waals surface area (Å²) < 4.78 is 5.18. The molecule has 2 aromatic carbocycles. The minimum absolute atomic E-state index is 0.859. The van der Waals surface area contributed by atoms with Crippen LogP contribution in [0.1, 0.15) is 0 Å². The Balaban J connectivity index is 2.03. The van der Waals surface area contributed by atoms with Crippen molar-refractivity contribution in [2.24, 2.45) is 0 Å². The first-order chi connectivity index (χ1) is 9.80. The molecular weight excluding hydrogens is 381 g/mol. The maximum Gasteiger partial charge on any atom is 0.118 e. The van der Waals surface area contributed by atoms with Crippen LogP contribution in [-0.4, -0.2) is 12.1 Å². The lowest BCUT2D eigenvalue weighted by Gasteiger charge is -2.05. The van der Waals surface area contributed by atoms with Gasteiger partial charge in [0.15, 0.2) is 0 Å². The van der Waals surface area contributed by atoms with E-state index in [4.69, 9.17) is 4.74 Å². The highest BCUT2D eigenvalue weighted by Gasteiger charge is 2.03. The van der Waals surface area contributed by atoms with Gasteiger partial charge in [0, 0.05) is 43.2 Å². The van der Waals surface area contributed by atoms with E-state index in [-0.39, 0.29) is 0 Å². The van der Waals surface area contributed by atoms with Crippen molar-refractivity contribution in [3.63, 3.8) is 0 Å². The van der Waals surface area contributed by atoms with Crippen molar-refractivity contribution in [2.45, 2.75) is 4.90 Å². The van der Waals surface area contributed by atoms with Crippen molar-refractivity contribution in [3.05, 3.63) is 54.7 Å². The van der Waals surface area contributed by atoms with Gasteiger partial charge in [0.05, 0.1) is 12.8 Å². The van der Waals surface area contributed by atoms with E-state index in [1.165, 1.54) is 15.7 Å². The number of aromatic nitrogens is 1. The molecule has 0 radical (unpaired) electrons. The third-order valence-electron chi connectivity index (χ3n) is 3.17. The standard InChI is InChI=1S/C16H12INOS/c1-19-14-5-2-11(3-6-14)16-9-12-4-7-15(20-17)8-13(12)10-18-16/h2-10H,1H3. The molecule has 2 nitrogen and oxygen atoms in total. The molecule has 0 unspecified atom stereocenters. The lowest BCUT2D eigenvalue weighted by Crippen LogP contribution is -1.86. The number of fused-ring (bicyclic) bond motifs is 1. The number of rotatable bonds is 3. The predicted molar refractivity (Wildman–Crippen MR) is 93.6 cm³/mol. The van der Waals surface area contributed by atoms with Crippen LogP contribution in [0.2, 0.25) is 0 Å². The smallest absolute Gasteiger partial charge is 0.118 e. The van der Waals surface area contributed by atoms with Gasteiger partial charge in [-0.15, -0.1) is 0 Å². The Kier molecular flexibility index (Phi) is 4.12. The monoisotopic (exact) mass is 393 g/mol. The molecule has 0 amide bonds. The molecule has 1 aromatic heterocycles. The average molecular weight is 393 g/mol. The third-order valence-corrected chi connectivity index (χ3v) is 5.13. The van der Waals surface area contributed by atoms with Crippen LogP contribution in [0.4, 0.5) is 0 Å². The molecule has 0 aliphatic rings. The number of nitrogens with zero attached hydrogens (tertiary/aromatic N) is 1. The molecular formula is C16H12INOS. The molecule has 0 spiro atoms. The molecule has 0 saturated carbocycles. The van der Waals surface area contributed by atoms with E-state index in [2.05, 4.69) is 50.5 Å². The molecule has 0 N–H and O–H groups in total. The fourth-order valence-corrected chi connectivity index (χ4v) is 3.20. The fraction of sp³-hybridized carbons (Fsp3) is 0.0625. The number of hydrogen-bond donors (Lipinski definition) is 0. The number of pyridine rings is 1. The molecule has 3 aromatic rings. The topological polar surface area (TPSA) is 22.1 Å². The van der Waals surface area contributed by atoms with Gasteiger partial charge in [0.2, 0.25) is 0 Å². The van der Waals surface area contributed by atoms with Crippen LogP contribution in [0.5, 0.6) is 5.75 Å². The highest BCUT2D eigenvalue weighted by atomic mass is 127. The molecule has 0 bridgehead atoms. The van der Waals surface area contributed by atoms with Crippen molar-refractivity contribution in [1.29, 1.82) is 0 Å². The summed E-state index contributed by atoms with van der Waals surface area (Å²) in [5.74, 6) is 0.859. The summed E-state index contributed by atoms with van der Waals surface area (Å²) in [5, 5.41) is 2.38. The number of benzene rings is 2. The summed E-state index contributed by atoms with van der Waals surface area (Å²) >= 11 is 2.29. The van der Waals surface area contributed by atoms with Crippen molar-refractivity contribution in [1.82, 2.24) is 4.98 Å². The predicted octanol–water partition coefficient (Wildman–Crippen LogP) is 5.35. The largest absolute Gasteiger partial charge is 0.497 e. The van der Waals surface area contributed by atoms with Gasteiger partial charge in [-0.2, -0.15) is 0 Å². The molecule has 0 saturated heterocycles. The van der Waals surface area contributed by atoms with Crippen molar-refractivity contribution < 1.29 is 4.74 Å². The van der Waals surface area contributed by atoms with Crippen molar-refractivity contribution in [2.75, 3.05) is 7.11 Å². The number of ether oxygens (including phenoxy) is 1. The molecule has 100 valence electrons. The molecule has 0 aliphatic heterocycles. The van der Waals surface area contributed by atoms with Crippen molar-refractivity contribution >= 4 is 40.9 Å². The van der Waals surface area contributed by atoms with Gasteiger partial charge in [-0.1, -0.05) is 15.0 Å². The zero-order chi connectivity index (χ0) is 13.9. The van der Waals surface area contributed by atoms with Crippen LogP contribution in [0.3, 0.4) is 0 Å². The molecule has 3 rings (SSSR count). The molecule has 0 fully saturated rings. The van der Waals surface area contributed by atoms with E-state index in [1.807, 2.05) is 30.5 Å². The summed E-state index contributed by atoms with van der Waals surface area (Å²) in [6.07, 6.45) is 1.94. The second kappa shape index (κ2) is 6.01. The summed E-state index contributed by atoms with van der Waals surface area (Å²) in [7, 11) is 3.39. The number of halogens is 1. The van der Waals surface area contributed by atoms with Crippen LogP contribution < -0.4 is 4.74 Å². The molecule has 20 heavy (non-hydrogen) atoms. The zero-order valence-electron chi connectivity index (χ0n) is 10.8. The highest BCUT2D eigenvalue weighted by molar-refractivity contribution is 14.2. The van der Waals surface area contributed by atoms with Crippen molar-refractivity contribution in [3.8, 4) is 17.0 Å². The Hall–Kier alpha value is -1.27. The van der Waals surface area contributed by atoms with Gasteiger partial charge in [0.25, 0.3) is 0 Å². The lowest BCUT2D eigenvalue weighted by atomic mass is 10.1. The maximum atomic E-state index is 5.18. The summed E-state index contributed by atoms with van der Waals surface area (Å²) in [4.78, 5) is 5.80. The Morgan fingerprint density at radius 1 is 1.00 bits per heavy atom. The van der Waals surface area contributed by atoms with Gasteiger partial charge in [-0.3, -0.25) is 4.98 Å². The van der Waals surface area contributed by atoms with E-state index in [9.17, 15) is 0 Å². The Labute approximate surface area is 134 Å². The number of hydrogen-bond acceptors (Lipinski definition) is 3. The first kappa shape index (κ1) is 13.7. The van der Waals surface area contributed by atoms with Gasteiger partial charge >= 0.3 is 0 Å². The van der Waals surface area contributed by atoms with Crippen LogP contribution in [0, 0.1) is 0 Å². The Morgan fingerprint density at radius 3 is 2.50 bits per heavy atom. The Bertz CT molecular complexity index is 743. The Morgan fingerprint density at radius 2 is 1.80 bits per heavy atom. The van der Waals surface area contributed by atoms with Crippen LogP contribution in [0.15, 0.2) is 59.6 Å². The highest BCUT2D eigenvalue weighted by Crippen LogP contribution is 2.29. The molecule has 0 aliphatic carbocycles. The maximum absolute atomic E-state index is 5.18. The van der Waals surface area contributed by atoms with Crippen LogP contribution >= 0.6 is 30.1 Å². The quantitative estimate of drug-likeness (QED) is 0.560. The average Bonchev–Trinajstić information content (AvgIpc) is 2.54. The summed E-state index contributed by atoms with van der Waals surface area (Å²) in [6, 6.07) is 16.5. The fourth-order valence-electron chi connectivity index (χ4n) is 2.09. The van der Waals surface area contributed by atoms with Gasteiger partial charge in [-0.25, -0.2) is 0 Å². The first-order valence-corrected chi connectivity index (χ1v) is 9.49. The lowest BCUT2D eigenvalue weighted by molar-refractivity contribution is 0.415. The van der Waals surface area contributed by atoms with E-state index in [0.717, 1.165) is 17.0 Å². The van der Waals surface area contributed by atoms with Crippen LogP contribution in [0.25, 0.3) is 22.0 Å². The first-order valence-electron chi connectivity index (χ1n) is 6.13. The van der Waals surface area contributed by atoms with E-state index in [0.29, 0.717) is 0 Å². The number of methoxy groups -OCH3 is 1. The second-order valence-corrected chi connectivity index (χ2v) is 6.33. The summed E-state index contributed by atoms with van der Waals surface area (Å²) in [6.45, 7) is 0. The third kappa shape index (κ3) is 2.76. The molecule has 1 heterocycles. The molecule has 4 heteroatoms. The minimum atomic E-state index is 0.859. The van der Waals surface area contributed by atoms with Gasteiger partial charge < -0.3 is 4.74 Å². The van der Waals surface area contributed by atoms with Crippen LogP contribution in [-0.2, 0) is 0 Å². The SMILES string of the molecule is COc1ccc(-c2cc3ccc(SI)cc3cn2)cc1. The van der Waals surface area contributed by atoms with E-state index in [1.54, 1.807) is 16.0 Å². The zero-order valence-corrected chi connectivity index (χ0v) is 13.8. The van der Waals surface area contributed by atoms with E-state index < -0.39 is 0 Å².